The van der Waals surface area contributed by atoms with E-state index in [2.05, 4.69) is 26.6 Å². The summed E-state index contributed by atoms with van der Waals surface area (Å²) < 4.78 is 26.8. The summed E-state index contributed by atoms with van der Waals surface area (Å²) >= 11 is 6.44. The number of carbonyl (C=O) groups is 3. The zero-order chi connectivity index (χ0) is 41.9. The number of nitrogens with two attached hydrogens (primary N) is 2. The SMILES string of the molecule is CCCCc1nc(Cl)c(C(=O)OC(C)OC)n1Cc1ccc(-c2ccccc2/C(N)=N/N(N)C(C)OC(=O)Oc2ccc(CO[N+](=O)[O-])cc2)cc1.CCOC=O. The normalized spacial score (nSPS) is 11.9. The van der Waals surface area contributed by atoms with E-state index in [9.17, 15) is 24.5 Å². The van der Waals surface area contributed by atoms with Crippen molar-refractivity contribution in [3.63, 3.8) is 0 Å². The molecule has 0 bridgehead atoms. The largest absolute Gasteiger partial charge is 0.515 e. The van der Waals surface area contributed by atoms with Crippen LogP contribution in [0.15, 0.2) is 77.9 Å². The third-order valence-electron chi connectivity index (χ3n) is 7.92. The van der Waals surface area contributed by atoms with Gasteiger partial charge in [-0.1, -0.05) is 85.6 Å². The average Bonchev–Trinajstić information content (AvgIpc) is 3.51. The van der Waals surface area contributed by atoms with Gasteiger partial charge in [0.2, 0.25) is 6.23 Å². The van der Waals surface area contributed by atoms with Crippen molar-refractivity contribution in [3.05, 3.63) is 116 Å². The molecule has 18 nitrogen and oxygen atoms in total. The lowest BCUT2D eigenvalue weighted by molar-refractivity contribution is -0.763. The molecule has 1 heterocycles. The molecule has 0 aliphatic heterocycles. The van der Waals surface area contributed by atoms with E-state index in [1.807, 2.05) is 36.4 Å². The Balaban J connectivity index is 0.00000163. The fourth-order valence-corrected chi connectivity index (χ4v) is 5.24. The molecule has 19 heteroatoms. The zero-order valence-electron chi connectivity index (χ0n) is 32.2. The third-order valence-corrected chi connectivity index (χ3v) is 8.19. The number of esters is 1. The number of imidazole rings is 1. The average molecular weight is 812 g/mol. The van der Waals surface area contributed by atoms with Gasteiger partial charge in [0, 0.05) is 25.6 Å². The first-order valence-electron chi connectivity index (χ1n) is 17.7. The van der Waals surface area contributed by atoms with Crippen molar-refractivity contribution in [2.24, 2.45) is 16.7 Å². The number of unbranched alkanes of at least 4 members (excludes halogenated alkanes) is 1. The highest BCUT2D eigenvalue weighted by Gasteiger charge is 2.25. The van der Waals surface area contributed by atoms with Crippen LogP contribution in [-0.2, 0) is 48.2 Å². The van der Waals surface area contributed by atoms with Crippen LogP contribution in [0.3, 0.4) is 0 Å². The van der Waals surface area contributed by atoms with Gasteiger partial charge in [0.1, 0.15) is 18.2 Å². The van der Waals surface area contributed by atoms with Crippen LogP contribution in [0, 0.1) is 10.1 Å². The van der Waals surface area contributed by atoms with Crippen LogP contribution in [0.5, 0.6) is 5.75 Å². The Morgan fingerprint density at radius 2 is 1.70 bits per heavy atom. The highest BCUT2D eigenvalue weighted by molar-refractivity contribution is 6.32. The highest BCUT2D eigenvalue weighted by Crippen LogP contribution is 2.27. The summed E-state index contributed by atoms with van der Waals surface area (Å²) in [7, 11) is 1.44. The first kappa shape index (κ1) is 45.2. The number of benzene rings is 3. The highest BCUT2D eigenvalue weighted by atomic mass is 35.5. The lowest BCUT2D eigenvalue weighted by atomic mass is 9.98. The predicted octanol–water partition coefficient (Wildman–Crippen LogP) is 5.99. The summed E-state index contributed by atoms with van der Waals surface area (Å²) in [5.74, 6) is 6.32. The molecule has 1 aromatic heterocycles. The minimum absolute atomic E-state index is 0.0561. The summed E-state index contributed by atoms with van der Waals surface area (Å²) in [4.78, 5) is 53.7. The van der Waals surface area contributed by atoms with Crippen molar-refractivity contribution in [1.82, 2.24) is 14.7 Å². The van der Waals surface area contributed by atoms with Crippen LogP contribution in [0.4, 0.5) is 4.79 Å². The molecule has 0 amide bonds. The molecule has 0 radical (unpaired) electrons. The maximum atomic E-state index is 13.0. The molecule has 57 heavy (non-hydrogen) atoms. The number of hydrogen-bond acceptors (Lipinski definition) is 15. The predicted molar refractivity (Wildman–Crippen MR) is 208 cm³/mol. The van der Waals surface area contributed by atoms with E-state index in [-0.39, 0.29) is 29.0 Å². The second-order valence-electron chi connectivity index (χ2n) is 11.9. The van der Waals surface area contributed by atoms with Crippen LogP contribution in [-0.4, -0.2) is 70.4 Å². The number of ether oxygens (including phenoxy) is 5. The monoisotopic (exact) mass is 811 g/mol. The van der Waals surface area contributed by atoms with Gasteiger partial charge in [0.15, 0.2) is 23.0 Å². The number of carbonyl (C=O) groups excluding carboxylic acids is 3. The Morgan fingerprint density at radius 3 is 2.30 bits per heavy atom. The molecule has 2 atom stereocenters. The summed E-state index contributed by atoms with van der Waals surface area (Å²) in [6.45, 7) is 7.90. The minimum Gasteiger partial charge on any atom is -0.468 e. The van der Waals surface area contributed by atoms with E-state index in [1.165, 1.54) is 38.3 Å². The first-order valence-corrected chi connectivity index (χ1v) is 18.0. The number of methoxy groups -OCH3 is 1. The van der Waals surface area contributed by atoms with Crippen LogP contribution in [0.2, 0.25) is 5.15 Å². The molecule has 3 aromatic carbocycles. The summed E-state index contributed by atoms with van der Waals surface area (Å²) in [6, 6.07) is 20.9. The molecule has 0 saturated carbocycles. The van der Waals surface area contributed by atoms with Crippen molar-refractivity contribution in [3.8, 4) is 16.9 Å². The summed E-state index contributed by atoms with van der Waals surface area (Å²) in [6.07, 6.45) is -0.458. The van der Waals surface area contributed by atoms with E-state index < -0.39 is 29.7 Å². The number of aryl methyl sites for hydroxylation is 1. The Morgan fingerprint density at radius 1 is 1.04 bits per heavy atom. The molecule has 0 aliphatic rings. The smallest absolute Gasteiger partial charge is 0.468 e. The van der Waals surface area contributed by atoms with Gasteiger partial charge in [-0.2, -0.15) is 5.12 Å². The van der Waals surface area contributed by atoms with Crippen LogP contribution >= 0.6 is 11.6 Å². The van der Waals surface area contributed by atoms with Crippen molar-refractivity contribution in [2.45, 2.75) is 72.6 Å². The Hall–Kier alpha value is -6.24. The maximum Gasteiger partial charge on any atom is 0.515 e. The van der Waals surface area contributed by atoms with Gasteiger partial charge in [0.25, 0.3) is 11.6 Å². The van der Waals surface area contributed by atoms with Crippen LogP contribution in [0.25, 0.3) is 11.1 Å². The van der Waals surface area contributed by atoms with E-state index in [1.54, 1.807) is 30.5 Å². The van der Waals surface area contributed by atoms with E-state index in [0.29, 0.717) is 43.0 Å². The molecule has 4 rings (SSSR count). The first-order chi connectivity index (χ1) is 27.3. The molecule has 2 unspecified atom stereocenters. The second kappa shape index (κ2) is 23.0. The summed E-state index contributed by atoms with van der Waals surface area (Å²) in [5.41, 5.74) is 10.1. The van der Waals surface area contributed by atoms with Gasteiger partial charge in [0.05, 0.1) is 6.61 Å². The molecule has 0 aliphatic carbocycles. The fraction of sp³-hybridized carbons (Fsp3) is 0.342. The van der Waals surface area contributed by atoms with Crippen molar-refractivity contribution in [2.75, 3.05) is 13.7 Å². The van der Waals surface area contributed by atoms with Crippen molar-refractivity contribution >= 4 is 36.0 Å². The lowest BCUT2D eigenvalue weighted by Gasteiger charge is -2.21. The molecule has 306 valence electrons. The standard InChI is InChI=1S/C35H40ClN7O9.C3H6O2/c1-5-6-11-30-39-32(36)31(34(44)51-23(3)48-4)41(30)20-24-12-16-26(17-13-24)28-9-7-8-10-29(28)33(37)40-42(38)22(2)50-35(45)52-27-18-14-25(15-19-27)21-49-43(46)47;1-2-5-3-4/h7-10,12-19,22-23H,5-6,11,20-21,38H2,1-4H3,(H2,37,40);3H,2H2,1H3. The van der Waals surface area contributed by atoms with Gasteiger partial charge in [-0.15, -0.1) is 15.2 Å². The quantitative estimate of drug-likeness (QED) is 0.0106. The number of amidine groups is 1. The Kier molecular flexibility index (Phi) is 18.2. The van der Waals surface area contributed by atoms with E-state index in [0.717, 1.165) is 34.6 Å². The molecule has 4 N–H and O–H groups in total. The molecule has 0 spiro atoms. The minimum atomic E-state index is -1.08. The molecule has 0 saturated heterocycles. The molecular weight excluding hydrogens is 766 g/mol. The maximum absolute atomic E-state index is 13.0. The van der Waals surface area contributed by atoms with Crippen LogP contribution in [0.1, 0.15) is 73.5 Å². The number of hydrazine groups is 1. The Labute approximate surface area is 334 Å². The zero-order valence-corrected chi connectivity index (χ0v) is 32.9. The fourth-order valence-electron chi connectivity index (χ4n) is 4.96. The number of nitrogens with zero attached hydrogens (tertiary/aromatic N) is 5. The van der Waals surface area contributed by atoms with Gasteiger partial charge in [-0.05, 0) is 61.6 Å². The van der Waals surface area contributed by atoms with Crippen molar-refractivity contribution in [1.29, 1.82) is 0 Å². The van der Waals surface area contributed by atoms with Crippen molar-refractivity contribution < 1.29 is 48.0 Å². The van der Waals surface area contributed by atoms with Crippen LogP contribution < -0.4 is 16.3 Å². The third kappa shape index (κ3) is 14.1. The van der Waals surface area contributed by atoms with E-state index in [4.69, 9.17) is 42.1 Å². The number of hydrazone groups is 1. The van der Waals surface area contributed by atoms with Gasteiger partial charge in [-0.25, -0.2) is 20.4 Å². The second-order valence-corrected chi connectivity index (χ2v) is 12.3. The topological polar surface area (TPSA) is 235 Å². The number of halogens is 1. The number of rotatable bonds is 19. The molecule has 4 aromatic rings. The number of aromatic nitrogens is 2. The summed E-state index contributed by atoms with van der Waals surface area (Å²) in [5, 5.41) is 14.7. The Bertz CT molecular complexity index is 1960. The van der Waals surface area contributed by atoms with E-state index >= 15 is 0 Å². The lowest BCUT2D eigenvalue weighted by Crippen LogP contribution is -2.40. The van der Waals surface area contributed by atoms with Gasteiger partial charge < -0.3 is 38.8 Å². The number of hydrogen-bond donors (Lipinski definition) is 2. The van der Waals surface area contributed by atoms with Gasteiger partial charge >= 0.3 is 12.1 Å². The molecule has 0 fully saturated rings. The van der Waals surface area contributed by atoms with Gasteiger partial charge in [-0.3, -0.25) is 4.79 Å². The molecular formula is C38H46ClN7O11.